The van der Waals surface area contributed by atoms with Crippen LogP contribution in [0.1, 0.15) is 18.1 Å². The van der Waals surface area contributed by atoms with E-state index in [-0.39, 0.29) is 31.4 Å². The molecule has 0 saturated carbocycles. The molecule has 0 aliphatic rings. The van der Waals surface area contributed by atoms with Crippen molar-refractivity contribution in [3.05, 3.63) is 77.6 Å². The van der Waals surface area contributed by atoms with E-state index in [2.05, 4.69) is 0 Å². The van der Waals surface area contributed by atoms with Crippen molar-refractivity contribution in [3.63, 3.8) is 0 Å². The molecule has 25 heavy (non-hydrogen) atoms. The number of hydrogen-bond donors (Lipinski definition) is 0. The highest BCUT2D eigenvalue weighted by Crippen LogP contribution is 2.09. The van der Waals surface area contributed by atoms with Gasteiger partial charge < -0.3 is 9.64 Å². The van der Waals surface area contributed by atoms with Crippen molar-refractivity contribution in [2.45, 2.75) is 13.5 Å². The molecule has 0 saturated heterocycles. The minimum Gasteiger partial charge on any atom is -0.465 e. The van der Waals surface area contributed by atoms with Gasteiger partial charge in [-0.1, -0.05) is 42.5 Å². The van der Waals surface area contributed by atoms with Gasteiger partial charge in [-0.05, 0) is 36.3 Å². The van der Waals surface area contributed by atoms with Crippen LogP contribution in [-0.2, 0) is 20.9 Å². The first kappa shape index (κ1) is 18.4. The van der Waals surface area contributed by atoms with Crippen molar-refractivity contribution in [2.24, 2.45) is 0 Å². The van der Waals surface area contributed by atoms with Crippen LogP contribution in [0.3, 0.4) is 0 Å². The van der Waals surface area contributed by atoms with Crippen LogP contribution in [-0.4, -0.2) is 29.9 Å². The molecule has 0 fully saturated rings. The Morgan fingerprint density at radius 1 is 1.12 bits per heavy atom. The Morgan fingerprint density at radius 2 is 1.88 bits per heavy atom. The lowest BCUT2D eigenvalue weighted by Gasteiger charge is -2.20. The van der Waals surface area contributed by atoms with E-state index in [4.69, 9.17) is 4.74 Å². The molecule has 2 aromatic rings. The fourth-order valence-corrected chi connectivity index (χ4v) is 2.26. The maximum Gasteiger partial charge on any atom is 0.325 e. The van der Waals surface area contributed by atoms with Gasteiger partial charge in [0, 0.05) is 12.6 Å². The predicted molar refractivity (Wildman–Crippen MR) is 93.9 cm³/mol. The maximum atomic E-state index is 13.2. The molecule has 130 valence electrons. The van der Waals surface area contributed by atoms with Gasteiger partial charge in [0.1, 0.15) is 12.4 Å². The number of ether oxygens (including phenoxy) is 1. The lowest BCUT2D eigenvalue weighted by atomic mass is 10.2. The zero-order chi connectivity index (χ0) is 18.1. The Labute approximate surface area is 146 Å². The average Bonchev–Trinajstić information content (AvgIpc) is 2.60. The molecule has 2 rings (SSSR count). The van der Waals surface area contributed by atoms with E-state index in [1.807, 2.05) is 30.3 Å². The zero-order valence-corrected chi connectivity index (χ0v) is 14.0. The maximum absolute atomic E-state index is 13.2. The summed E-state index contributed by atoms with van der Waals surface area (Å²) in [4.78, 5) is 25.7. The number of benzene rings is 2. The van der Waals surface area contributed by atoms with Gasteiger partial charge in [0.15, 0.2) is 0 Å². The number of nitrogens with zero attached hydrogens (tertiary/aromatic N) is 1. The molecule has 1 amide bonds. The van der Waals surface area contributed by atoms with Gasteiger partial charge in [0.25, 0.3) is 0 Å². The average molecular weight is 341 g/mol. The molecule has 0 aromatic heterocycles. The van der Waals surface area contributed by atoms with Crippen molar-refractivity contribution in [3.8, 4) is 0 Å². The van der Waals surface area contributed by atoms with Crippen molar-refractivity contribution >= 4 is 18.0 Å². The molecule has 0 radical (unpaired) electrons. The fraction of sp³-hybridized carbons (Fsp3) is 0.200. The lowest BCUT2D eigenvalue weighted by molar-refractivity contribution is -0.148. The largest absolute Gasteiger partial charge is 0.465 e. The second-order valence-corrected chi connectivity index (χ2v) is 5.37. The molecular weight excluding hydrogens is 321 g/mol. The minimum atomic E-state index is -0.467. The Bertz CT molecular complexity index is 744. The second-order valence-electron chi connectivity index (χ2n) is 5.37. The molecule has 0 aliphatic carbocycles. The van der Waals surface area contributed by atoms with Gasteiger partial charge in [-0.25, -0.2) is 4.39 Å². The summed E-state index contributed by atoms with van der Waals surface area (Å²) in [6, 6.07) is 15.3. The summed E-state index contributed by atoms with van der Waals surface area (Å²) in [5.74, 6) is -1.19. The van der Waals surface area contributed by atoms with Gasteiger partial charge >= 0.3 is 5.97 Å². The Hall–Kier alpha value is -2.95. The van der Waals surface area contributed by atoms with E-state index in [0.717, 1.165) is 5.56 Å². The number of esters is 1. The molecule has 0 atom stereocenters. The quantitative estimate of drug-likeness (QED) is 0.572. The van der Waals surface area contributed by atoms with Gasteiger partial charge in [-0.2, -0.15) is 0 Å². The third kappa shape index (κ3) is 6.22. The molecule has 0 N–H and O–H groups in total. The normalized spacial score (nSPS) is 10.6. The monoisotopic (exact) mass is 341 g/mol. The highest BCUT2D eigenvalue weighted by Gasteiger charge is 2.16. The van der Waals surface area contributed by atoms with E-state index < -0.39 is 5.97 Å². The summed E-state index contributed by atoms with van der Waals surface area (Å²) in [5.41, 5.74) is 1.48. The third-order valence-corrected chi connectivity index (χ3v) is 3.42. The summed E-state index contributed by atoms with van der Waals surface area (Å²) in [7, 11) is 0. The lowest BCUT2D eigenvalue weighted by Crippen LogP contribution is -2.35. The molecular formula is C20H20FNO3. The molecule has 0 unspecified atom stereocenters. The molecule has 4 nitrogen and oxygen atoms in total. The third-order valence-electron chi connectivity index (χ3n) is 3.42. The number of rotatable bonds is 7. The minimum absolute atomic E-state index is 0.144. The highest BCUT2D eigenvalue weighted by atomic mass is 19.1. The van der Waals surface area contributed by atoms with E-state index in [1.165, 1.54) is 29.2 Å². The Kier molecular flexibility index (Phi) is 6.89. The first-order valence-electron chi connectivity index (χ1n) is 8.00. The number of carbonyl (C=O) groups is 2. The van der Waals surface area contributed by atoms with Crippen LogP contribution in [0.15, 0.2) is 60.7 Å². The van der Waals surface area contributed by atoms with Gasteiger partial charge in [-0.15, -0.1) is 0 Å². The van der Waals surface area contributed by atoms with Gasteiger partial charge in [0.2, 0.25) is 5.91 Å². The highest BCUT2D eigenvalue weighted by molar-refractivity contribution is 5.93. The molecule has 0 aliphatic heterocycles. The summed E-state index contributed by atoms with van der Waals surface area (Å²) >= 11 is 0. The van der Waals surface area contributed by atoms with E-state index in [9.17, 15) is 14.0 Å². The fourth-order valence-electron chi connectivity index (χ4n) is 2.26. The smallest absolute Gasteiger partial charge is 0.325 e. The molecule has 0 spiro atoms. The van der Waals surface area contributed by atoms with Crippen molar-refractivity contribution in [1.82, 2.24) is 4.90 Å². The van der Waals surface area contributed by atoms with Crippen LogP contribution in [0.5, 0.6) is 0 Å². The number of hydrogen-bond acceptors (Lipinski definition) is 3. The summed E-state index contributed by atoms with van der Waals surface area (Å²) in [5, 5.41) is 0. The zero-order valence-electron chi connectivity index (χ0n) is 14.0. The Morgan fingerprint density at radius 3 is 2.56 bits per heavy atom. The van der Waals surface area contributed by atoms with Crippen LogP contribution in [0, 0.1) is 5.82 Å². The van der Waals surface area contributed by atoms with Gasteiger partial charge in [0.05, 0.1) is 6.61 Å². The first-order valence-corrected chi connectivity index (χ1v) is 8.00. The topological polar surface area (TPSA) is 46.6 Å². The summed E-state index contributed by atoms with van der Waals surface area (Å²) in [6.07, 6.45) is 2.85. The standard InChI is InChI=1S/C20H20FNO3/c1-2-25-20(24)15-22(14-17-7-4-3-5-8-17)19(23)12-11-16-9-6-10-18(21)13-16/h3-13H,2,14-15H2,1H3/b12-11+. The summed E-state index contributed by atoms with van der Waals surface area (Å²) < 4.78 is 18.1. The SMILES string of the molecule is CCOC(=O)CN(Cc1ccccc1)C(=O)/C=C/c1cccc(F)c1. The van der Waals surface area contributed by atoms with Crippen molar-refractivity contribution in [2.75, 3.05) is 13.2 Å². The molecule has 5 heteroatoms. The summed E-state index contributed by atoms with van der Waals surface area (Å²) in [6.45, 7) is 2.11. The molecule has 0 heterocycles. The second kappa shape index (κ2) is 9.37. The van der Waals surface area contributed by atoms with Crippen LogP contribution < -0.4 is 0 Å². The van der Waals surface area contributed by atoms with Crippen molar-refractivity contribution < 1.29 is 18.7 Å². The molecule has 0 bridgehead atoms. The van der Waals surface area contributed by atoms with Crippen LogP contribution >= 0.6 is 0 Å². The van der Waals surface area contributed by atoms with Crippen LogP contribution in [0.4, 0.5) is 4.39 Å². The number of carbonyl (C=O) groups excluding carboxylic acids is 2. The predicted octanol–water partition coefficient (Wildman–Crippen LogP) is 3.43. The van der Waals surface area contributed by atoms with Crippen LogP contribution in [0.2, 0.25) is 0 Å². The number of amides is 1. The molecule has 2 aromatic carbocycles. The van der Waals surface area contributed by atoms with Crippen molar-refractivity contribution in [1.29, 1.82) is 0 Å². The van der Waals surface area contributed by atoms with Gasteiger partial charge in [-0.3, -0.25) is 9.59 Å². The van der Waals surface area contributed by atoms with E-state index in [1.54, 1.807) is 19.1 Å². The Balaban J connectivity index is 2.12. The number of halogens is 1. The van der Waals surface area contributed by atoms with E-state index in [0.29, 0.717) is 5.56 Å². The van der Waals surface area contributed by atoms with E-state index >= 15 is 0 Å². The van der Waals surface area contributed by atoms with Crippen LogP contribution in [0.25, 0.3) is 6.08 Å². The first-order chi connectivity index (χ1) is 12.1.